The molecule has 4 heteroatoms. The zero-order valence-electron chi connectivity index (χ0n) is 16.6. The number of ether oxygens (including phenoxy) is 2. The van der Waals surface area contributed by atoms with E-state index < -0.39 is 11.8 Å². The number of esters is 2. The van der Waals surface area contributed by atoms with Crippen molar-refractivity contribution in [2.24, 2.45) is 23.7 Å². The molecule has 0 amide bonds. The van der Waals surface area contributed by atoms with Gasteiger partial charge in [-0.05, 0) is 39.5 Å². The van der Waals surface area contributed by atoms with Crippen LogP contribution < -0.4 is 0 Å². The first-order valence-electron chi connectivity index (χ1n) is 9.75. The number of hydrogen-bond acceptors (Lipinski definition) is 4. The van der Waals surface area contributed by atoms with Gasteiger partial charge in [0.15, 0.2) is 0 Å². The zero-order chi connectivity index (χ0) is 19.4. The standard InChI is InChI=1S/C22H32O4/c1-5-11-17(7-3)15-25-21(23)19-13-9-10-14-20(19)22(24)26-16-18(8-4)12-6-2/h17-20H,7-10,13-16H2,1-4H3. The van der Waals surface area contributed by atoms with Crippen molar-refractivity contribution in [3.05, 3.63) is 0 Å². The van der Waals surface area contributed by atoms with Crippen LogP contribution in [0.1, 0.15) is 66.2 Å². The first-order chi connectivity index (χ1) is 12.6. The van der Waals surface area contributed by atoms with Crippen LogP contribution in [0.5, 0.6) is 0 Å². The lowest BCUT2D eigenvalue weighted by atomic mass is 9.79. The van der Waals surface area contributed by atoms with Gasteiger partial charge in [0.05, 0.1) is 23.7 Å². The Balaban J connectivity index is 2.63. The third kappa shape index (κ3) is 7.12. The molecular formula is C22H32O4. The summed E-state index contributed by atoms with van der Waals surface area (Å²) in [6.45, 7) is 8.19. The molecule has 1 aliphatic rings. The number of rotatable bonds is 8. The Kier molecular flexibility index (Phi) is 10.6. The van der Waals surface area contributed by atoms with Crippen molar-refractivity contribution in [1.29, 1.82) is 0 Å². The van der Waals surface area contributed by atoms with Crippen LogP contribution in [0.4, 0.5) is 0 Å². The Morgan fingerprint density at radius 1 is 0.846 bits per heavy atom. The molecule has 0 radical (unpaired) electrons. The summed E-state index contributed by atoms with van der Waals surface area (Å²) in [6, 6.07) is 0. The second-order valence-electron chi connectivity index (χ2n) is 6.76. The Morgan fingerprint density at radius 2 is 1.23 bits per heavy atom. The van der Waals surface area contributed by atoms with Gasteiger partial charge in [-0.1, -0.05) is 38.5 Å². The van der Waals surface area contributed by atoms with Crippen LogP contribution in [-0.2, 0) is 19.1 Å². The predicted octanol–water partition coefficient (Wildman–Crippen LogP) is 3.98. The number of carbonyl (C=O) groups excluding carboxylic acids is 2. The molecule has 0 N–H and O–H groups in total. The van der Waals surface area contributed by atoms with E-state index in [1.54, 1.807) is 13.8 Å². The monoisotopic (exact) mass is 360 g/mol. The van der Waals surface area contributed by atoms with Crippen molar-refractivity contribution in [3.8, 4) is 23.7 Å². The number of carbonyl (C=O) groups is 2. The van der Waals surface area contributed by atoms with E-state index in [9.17, 15) is 9.59 Å². The fourth-order valence-electron chi connectivity index (χ4n) is 3.21. The molecule has 0 saturated heterocycles. The van der Waals surface area contributed by atoms with Gasteiger partial charge < -0.3 is 9.47 Å². The summed E-state index contributed by atoms with van der Waals surface area (Å²) >= 11 is 0. The fourth-order valence-corrected chi connectivity index (χ4v) is 3.21. The fraction of sp³-hybridized carbons (Fsp3) is 0.727. The van der Waals surface area contributed by atoms with E-state index in [1.165, 1.54) is 0 Å². The Hall–Kier alpha value is -1.94. The largest absolute Gasteiger partial charge is 0.464 e. The highest BCUT2D eigenvalue weighted by Gasteiger charge is 2.38. The molecule has 4 nitrogen and oxygen atoms in total. The molecule has 1 aliphatic carbocycles. The molecular weight excluding hydrogens is 328 g/mol. The molecule has 26 heavy (non-hydrogen) atoms. The molecule has 1 saturated carbocycles. The highest BCUT2D eigenvalue weighted by molar-refractivity contribution is 5.82. The molecule has 0 heterocycles. The van der Waals surface area contributed by atoms with Gasteiger partial charge in [-0.2, -0.15) is 0 Å². The number of hydrogen-bond donors (Lipinski definition) is 0. The predicted molar refractivity (Wildman–Crippen MR) is 102 cm³/mol. The molecule has 4 unspecified atom stereocenters. The van der Waals surface area contributed by atoms with Gasteiger partial charge in [-0.15, -0.1) is 11.8 Å². The van der Waals surface area contributed by atoms with Crippen molar-refractivity contribution < 1.29 is 19.1 Å². The van der Waals surface area contributed by atoms with Crippen molar-refractivity contribution in [2.45, 2.75) is 66.2 Å². The van der Waals surface area contributed by atoms with Gasteiger partial charge in [0, 0.05) is 0 Å². The van der Waals surface area contributed by atoms with Gasteiger partial charge in [-0.3, -0.25) is 9.59 Å². The van der Waals surface area contributed by atoms with E-state index in [0.29, 0.717) is 26.1 Å². The maximum atomic E-state index is 12.5. The van der Waals surface area contributed by atoms with E-state index in [2.05, 4.69) is 23.7 Å². The van der Waals surface area contributed by atoms with Crippen molar-refractivity contribution in [3.63, 3.8) is 0 Å². The van der Waals surface area contributed by atoms with Crippen LogP contribution in [0.3, 0.4) is 0 Å². The summed E-state index contributed by atoms with van der Waals surface area (Å²) < 4.78 is 11.0. The first kappa shape index (κ1) is 22.1. The zero-order valence-corrected chi connectivity index (χ0v) is 16.6. The third-order valence-corrected chi connectivity index (χ3v) is 4.91. The summed E-state index contributed by atoms with van der Waals surface area (Å²) in [5.74, 6) is 10.5. The maximum absolute atomic E-state index is 12.5. The average Bonchev–Trinajstić information content (AvgIpc) is 2.67. The lowest BCUT2D eigenvalue weighted by Crippen LogP contribution is -2.36. The summed E-state index contributed by atoms with van der Waals surface area (Å²) in [5, 5.41) is 0. The van der Waals surface area contributed by atoms with Crippen LogP contribution in [0, 0.1) is 47.4 Å². The molecule has 0 spiro atoms. The smallest absolute Gasteiger partial charge is 0.309 e. The van der Waals surface area contributed by atoms with Gasteiger partial charge in [0.1, 0.15) is 13.2 Å². The summed E-state index contributed by atoms with van der Waals surface area (Å²) in [5.41, 5.74) is 0. The molecule has 0 aromatic carbocycles. The van der Waals surface area contributed by atoms with Crippen LogP contribution in [0.25, 0.3) is 0 Å². The quantitative estimate of drug-likeness (QED) is 0.485. The highest BCUT2D eigenvalue weighted by Crippen LogP contribution is 2.32. The van der Waals surface area contributed by atoms with Gasteiger partial charge >= 0.3 is 11.9 Å². The lowest BCUT2D eigenvalue weighted by molar-refractivity contribution is -0.163. The summed E-state index contributed by atoms with van der Waals surface area (Å²) in [7, 11) is 0. The van der Waals surface area contributed by atoms with Crippen molar-refractivity contribution in [1.82, 2.24) is 0 Å². The molecule has 1 rings (SSSR count). The molecule has 1 fully saturated rings. The summed E-state index contributed by atoms with van der Waals surface area (Å²) in [6.07, 6.45) is 4.91. The van der Waals surface area contributed by atoms with Crippen LogP contribution in [0.15, 0.2) is 0 Å². The van der Waals surface area contributed by atoms with E-state index in [-0.39, 0.29) is 23.8 Å². The van der Waals surface area contributed by atoms with Crippen molar-refractivity contribution in [2.75, 3.05) is 13.2 Å². The molecule has 0 aromatic rings. The maximum Gasteiger partial charge on any atom is 0.309 e. The minimum absolute atomic E-state index is 0.0517. The van der Waals surface area contributed by atoms with Crippen LogP contribution in [0.2, 0.25) is 0 Å². The average molecular weight is 360 g/mol. The second-order valence-corrected chi connectivity index (χ2v) is 6.76. The minimum atomic E-state index is -0.402. The van der Waals surface area contributed by atoms with Gasteiger partial charge in [0.2, 0.25) is 0 Å². The first-order valence-corrected chi connectivity index (χ1v) is 9.75. The van der Waals surface area contributed by atoms with Gasteiger partial charge in [0.25, 0.3) is 0 Å². The Labute approximate surface area is 158 Å². The van der Waals surface area contributed by atoms with Gasteiger partial charge in [-0.25, -0.2) is 0 Å². The molecule has 0 aromatic heterocycles. The van der Waals surface area contributed by atoms with E-state index in [1.807, 2.05) is 13.8 Å². The van der Waals surface area contributed by atoms with Crippen LogP contribution in [-0.4, -0.2) is 25.2 Å². The molecule has 144 valence electrons. The topological polar surface area (TPSA) is 52.6 Å². The highest BCUT2D eigenvalue weighted by atomic mass is 16.5. The van der Waals surface area contributed by atoms with Crippen molar-refractivity contribution >= 4 is 11.9 Å². The van der Waals surface area contributed by atoms with Crippen LogP contribution >= 0.6 is 0 Å². The van der Waals surface area contributed by atoms with E-state index in [4.69, 9.17) is 9.47 Å². The van der Waals surface area contributed by atoms with E-state index >= 15 is 0 Å². The second kappa shape index (κ2) is 12.4. The Morgan fingerprint density at radius 3 is 1.54 bits per heavy atom. The SMILES string of the molecule is CC#CC(CC)COC(=O)C1CCCCC1C(=O)OCC(C#CC)CC. The normalized spacial score (nSPS) is 21.2. The minimum Gasteiger partial charge on any atom is -0.464 e. The Bertz CT molecular complexity index is 520. The third-order valence-electron chi connectivity index (χ3n) is 4.91. The lowest BCUT2D eigenvalue weighted by Gasteiger charge is -2.28. The molecule has 0 bridgehead atoms. The summed E-state index contributed by atoms with van der Waals surface area (Å²) in [4.78, 5) is 25.1. The molecule has 4 atom stereocenters. The molecule has 0 aliphatic heterocycles. The van der Waals surface area contributed by atoms with E-state index in [0.717, 1.165) is 25.7 Å².